The number of hydrogen-bond acceptors (Lipinski definition) is 3. The van der Waals surface area contributed by atoms with Crippen molar-refractivity contribution in [1.82, 2.24) is 9.55 Å². The Morgan fingerprint density at radius 3 is 2.90 bits per heavy atom. The summed E-state index contributed by atoms with van der Waals surface area (Å²) in [6, 6.07) is 11.3. The molecule has 0 saturated carbocycles. The first-order valence-electron chi connectivity index (χ1n) is 6.59. The Bertz CT molecular complexity index is 783. The zero-order chi connectivity index (χ0) is 14.8. The van der Waals surface area contributed by atoms with Crippen molar-refractivity contribution >= 4 is 22.5 Å². The molecule has 1 N–H and O–H groups in total. The lowest BCUT2D eigenvalue weighted by molar-refractivity contribution is 0.283. The standard InChI is InChI=1S/C16H15ClN2O2/c1-21-16-4-2-3-13(18-16)9-19-8-11(10-20)14-6-5-12(17)7-15(14)19/h2-8,20H,9-10H2,1H3. The molecule has 0 unspecified atom stereocenters. The van der Waals surface area contributed by atoms with E-state index in [1.54, 1.807) is 7.11 Å². The van der Waals surface area contributed by atoms with Crippen LogP contribution in [0.15, 0.2) is 42.6 Å². The lowest BCUT2D eigenvalue weighted by Crippen LogP contribution is -2.01. The van der Waals surface area contributed by atoms with Crippen LogP contribution in [0.5, 0.6) is 5.88 Å². The number of hydrogen-bond donors (Lipinski definition) is 1. The van der Waals surface area contributed by atoms with Gasteiger partial charge in [0.25, 0.3) is 0 Å². The van der Waals surface area contributed by atoms with Gasteiger partial charge in [-0.2, -0.15) is 0 Å². The second kappa shape index (κ2) is 5.76. The number of fused-ring (bicyclic) bond motifs is 1. The summed E-state index contributed by atoms with van der Waals surface area (Å²) in [6.07, 6.45) is 1.93. The number of aliphatic hydroxyl groups is 1. The highest BCUT2D eigenvalue weighted by molar-refractivity contribution is 6.31. The van der Waals surface area contributed by atoms with Gasteiger partial charge < -0.3 is 14.4 Å². The van der Waals surface area contributed by atoms with Gasteiger partial charge in [0.15, 0.2) is 0 Å². The quantitative estimate of drug-likeness (QED) is 0.805. The monoisotopic (exact) mass is 302 g/mol. The summed E-state index contributed by atoms with van der Waals surface area (Å²) in [5.74, 6) is 0.587. The number of ether oxygens (including phenoxy) is 1. The number of aromatic nitrogens is 2. The van der Waals surface area contributed by atoms with Gasteiger partial charge in [-0.05, 0) is 18.2 Å². The zero-order valence-corrected chi connectivity index (χ0v) is 12.3. The molecule has 0 bridgehead atoms. The Morgan fingerprint density at radius 1 is 1.29 bits per heavy atom. The van der Waals surface area contributed by atoms with Crippen LogP contribution in [0.3, 0.4) is 0 Å². The van der Waals surface area contributed by atoms with E-state index in [0.29, 0.717) is 17.4 Å². The smallest absolute Gasteiger partial charge is 0.213 e. The molecule has 0 radical (unpaired) electrons. The van der Waals surface area contributed by atoms with E-state index in [-0.39, 0.29) is 6.61 Å². The predicted octanol–water partition coefficient (Wildman–Crippen LogP) is 3.24. The number of benzene rings is 1. The van der Waals surface area contributed by atoms with Crippen molar-refractivity contribution in [2.24, 2.45) is 0 Å². The third-order valence-electron chi connectivity index (χ3n) is 3.42. The van der Waals surface area contributed by atoms with Gasteiger partial charge >= 0.3 is 0 Å². The summed E-state index contributed by atoms with van der Waals surface area (Å²) in [4.78, 5) is 4.41. The fraction of sp³-hybridized carbons (Fsp3) is 0.188. The van der Waals surface area contributed by atoms with Crippen molar-refractivity contribution in [2.45, 2.75) is 13.2 Å². The molecule has 0 aliphatic heterocycles. The molecule has 108 valence electrons. The molecule has 0 aliphatic carbocycles. The van der Waals surface area contributed by atoms with Gasteiger partial charge in [-0.1, -0.05) is 23.7 Å². The van der Waals surface area contributed by atoms with Crippen LogP contribution < -0.4 is 4.74 Å². The molecule has 0 amide bonds. The summed E-state index contributed by atoms with van der Waals surface area (Å²) < 4.78 is 7.18. The molecule has 21 heavy (non-hydrogen) atoms. The summed E-state index contributed by atoms with van der Waals surface area (Å²) in [7, 11) is 1.60. The van der Waals surface area contributed by atoms with Gasteiger partial charge in [0.05, 0.1) is 31.5 Å². The number of nitrogens with zero attached hydrogens (tertiary/aromatic N) is 2. The van der Waals surface area contributed by atoms with E-state index in [1.807, 2.05) is 47.2 Å². The molecule has 3 aromatic rings. The minimum Gasteiger partial charge on any atom is -0.481 e. The highest BCUT2D eigenvalue weighted by Crippen LogP contribution is 2.25. The Labute approximate surface area is 127 Å². The lowest BCUT2D eigenvalue weighted by atomic mass is 10.2. The molecule has 0 saturated heterocycles. The van der Waals surface area contributed by atoms with E-state index in [9.17, 15) is 5.11 Å². The first-order chi connectivity index (χ1) is 10.2. The predicted molar refractivity (Wildman–Crippen MR) is 82.8 cm³/mol. The van der Waals surface area contributed by atoms with E-state index < -0.39 is 0 Å². The van der Waals surface area contributed by atoms with Crippen LogP contribution in [0.1, 0.15) is 11.3 Å². The average molecular weight is 303 g/mol. The van der Waals surface area contributed by atoms with Gasteiger partial charge in [-0.3, -0.25) is 0 Å². The van der Waals surface area contributed by atoms with Crippen LogP contribution in [0.25, 0.3) is 10.9 Å². The summed E-state index contributed by atoms with van der Waals surface area (Å²) in [5, 5.41) is 11.2. The molecule has 4 nitrogen and oxygen atoms in total. The lowest BCUT2D eigenvalue weighted by Gasteiger charge is -2.06. The Kier molecular flexibility index (Phi) is 3.82. The average Bonchev–Trinajstić information content (AvgIpc) is 2.84. The molecule has 1 aromatic carbocycles. The molecule has 2 aromatic heterocycles. The van der Waals surface area contributed by atoms with E-state index >= 15 is 0 Å². The number of pyridine rings is 1. The van der Waals surface area contributed by atoms with Crippen LogP contribution in [-0.2, 0) is 13.2 Å². The van der Waals surface area contributed by atoms with E-state index in [2.05, 4.69) is 4.98 Å². The number of methoxy groups -OCH3 is 1. The SMILES string of the molecule is COc1cccc(Cn2cc(CO)c3ccc(Cl)cc32)n1. The minimum atomic E-state index is -0.00330. The van der Waals surface area contributed by atoms with Gasteiger partial charge in [0, 0.05) is 28.2 Å². The summed E-state index contributed by atoms with van der Waals surface area (Å²) >= 11 is 6.08. The normalized spacial score (nSPS) is 11.0. The Balaban J connectivity index is 2.05. The number of aliphatic hydroxyl groups excluding tert-OH is 1. The van der Waals surface area contributed by atoms with Gasteiger partial charge in [0.2, 0.25) is 5.88 Å². The molecule has 0 fully saturated rings. The molecule has 0 aliphatic rings. The maximum Gasteiger partial charge on any atom is 0.213 e. The topological polar surface area (TPSA) is 47.3 Å². The third-order valence-corrected chi connectivity index (χ3v) is 3.65. The van der Waals surface area contributed by atoms with Crippen LogP contribution >= 0.6 is 11.6 Å². The van der Waals surface area contributed by atoms with E-state index in [0.717, 1.165) is 22.2 Å². The van der Waals surface area contributed by atoms with Crippen LogP contribution in [0, 0.1) is 0 Å². The maximum absolute atomic E-state index is 9.48. The third kappa shape index (κ3) is 2.73. The first kappa shape index (κ1) is 13.9. The zero-order valence-electron chi connectivity index (χ0n) is 11.6. The number of rotatable bonds is 4. The van der Waals surface area contributed by atoms with Crippen molar-refractivity contribution in [3.63, 3.8) is 0 Å². The van der Waals surface area contributed by atoms with E-state index in [1.165, 1.54) is 0 Å². The van der Waals surface area contributed by atoms with Gasteiger partial charge in [-0.25, -0.2) is 4.98 Å². The Morgan fingerprint density at radius 2 is 2.14 bits per heavy atom. The van der Waals surface area contributed by atoms with Crippen molar-refractivity contribution in [2.75, 3.05) is 7.11 Å². The largest absolute Gasteiger partial charge is 0.481 e. The minimum absolute atomic E-state index is 0.00330. The van der Waals surface area contributed by atoms with E-state index in [4.69, 9.17) is 16.3 Å². The fourth-order valence-electron chi connectivity index (χ4n) is 2.43. The van der Waals surface area contributed by atoms with Crippen molar-refractivity contribution in [3.05, 3.63) is 58.9 Å². The van der Waals surface area contributed by atoms with Gasteiger partial charge in [0.1, 0.15) is 0 Å². The molecular weight excluding hydrogens is 288 g/mol. The molecule has 0 spiro atoms. The molecule has 3 rings (SSSR count). The van der Waals surface area contributed by atoms with Crippen molar-refractivity contribution in [1.29, 1.82) is 0 Å². The first-order valence-corrected chi connectivity index (χ1v) is 6.97. The van der Waals surface area contributed by atoms with Crippen LogP contribution in [0.2, 0.25) is 5.02 Å². The molecule has 5 heteroatoms. The van der Waals surface area contributed by atoms with Crippen molar-refractivity contribution in [3.8, 4) is 5.88 Å². The van der Waals surface area contributed by atoms with Crippen molar-refractivity contribution < 1.29 is 9.84 Å². The summed E-state index contributed by atoms with van der Waals surface area (Å²) in [6.45, 7) is 0.588. The molecule has 0 atom stereocenters. The van der Waals surface area contributed by atoms with Gasteiger partial charge in [-0.15, -0.1) is 0 Å². The van der Waals surface area contributed by atoms with Crippen LogP contribution in [0.4, 0.5) is 0 Å². The highest BCUT2D eigenvalue weighted by atomic mass is 35.5. The molecule has 2 heterocycles. The second-order valence-electron chi connectivity index (χ2n) is 4.77. The highest BCUT2D eigenvalue weighted by Gasteiger charge is 2.09. The maximum atomic E-state index is 9.48. The fourth-order valence-corrected chi connectivity index (χ4v) is 2.60. The molecular formula is C16H15ClN2O2. The number of halogens is 1. The second-order valence-corrected chi connectivity index (χ2v) is 5.21. The summed E-state index contributed by atoms with van der Waals surface area (Å²) in [5.41, 5.74) is 2.75. The Hall–Kier alpha value is -2.04. The van der Waals surface area contributed by atoms with Crippen LogP contribution in [-0.4, -0.2) is 21.8 Å².